The van der Waals surface area contributed by atoms with E-state index in [1.54, 1.807) is 7.05 Å². The molecule has 0 aliphatic heterocycles. The summed E-state index contributed by atoms with van der Waals surface area (Å²) in [5.74, 6) is 0.504. The Bertz CT molecular complexity index is 597. The maximum Gasteiger partial charge on any atom is 0.257 e. The Morgan fingerprint density at radius 3 is 2.86 bits per heavy atom. The number of nitrogens with zero attached hydrogens (tertiary/aromatic N) is 1. The van der Waals surface area contributed by atoms with Gasteiger partial charge in [-0.05, 0) is 30.7 Å². The zero-order chi connectivity index (χ0) is 15.1. The molecule has 2 aromatic rings. The lowest BCUT2D eigenvalue weighted by molar-refractivity contribution is -0.122. The number of nitrogens with one attached hydrogen (secondary N) is 2. The first-order chi connectivity index (χ1) is 10.2. The largest absolute Gasteiger partial charge is 0.484 e. The van der Waals surface area contributed by atoms with Crippen LogP contribution in [0.1, 0.15) is 11.3 Å². The van der Waals surface area contributed by atoms with Gasteiger partial charge in [-0.15, -0.1) is 0 Å². The number of amides is 1. The number of carbonyl (C=O) groups is 1. The fraction of sp³-hybridized carbons (Fsp3) is 0.250. The molecule has 0 aliphatic rings. The van der Waals surface area contributed by atoms with Crippen LogP contribution < -0.4 is 15.4 Å². The van der Waals surface area contributed by atoms with Crippen molar-refractivity contribution in [1.29, 1.82) is 0 Å². The van der Waals surface area contributed by atoms with Crippen molar-refractivity contribution < 1.29 is 9.53 Å². The number of likely N-dealkylation sites (N-methyl/N-ethyl adjacent to an activating group) is 1. The number of aromatic nitrogens is 1. The van der Waals surface area contributed by atoms with Gasteiger partial charge in [0.25, 0.3) is 5.91 Å². The van der Waals surface area contributed by atoms with E-state index in [2.05, 4.69) is 15.6 Å². The second kappa shape index (κ2) is 7.28. The van der Waals surface area contributed by atoms with Crippen LogP contribution in [-0.2, 0) is 11.3 Å². The highest BCUT2D eigenvalue weighted by Crippen LogP contribution is 2.18. The molecule has 0 spiro atoms. The van der Waals surface area contributed by atoms with E-state index in [0.29, 0.717) is 12.3 Å². The maximum absolute atomic E-state index is 11.1. The SMILES string of the molecule is CNC(=O)COc1cccc(NCc2ccc(C)nc2)c1. The first-order valence-corrected chi connectivity index (χ1v) is 6.76. The van der Waals surface area contributed by atoms with Crippen LogP contribution in [0.3, 0.4) is 0 Å². The molecule has 1 amide bonds. The highest BCUT2D eigenvalue weighted by Gasteiger charge is 2.01. The average molecular weight is 285 g/mol. The summed E-state index contributed by atoms with van der Waals surface area (Å²) in [5.41, 5.74) is 3.05. The molecule has 5 nitrogen and oxygen atoms in total. The molecule has 2 N–H and O–H groups in total. The number of aryl methyl sites for hydroxylation is 1. The molecule has 21 heavy (non-hydrogen) atoms. The fourth-order valence-corrected chi connectivity index (χ4v) is 1.72. The Labute approximate surface area is 124 Å². The van der Waals surface area contributed by atoms with Gasteiger partial charge in [-0.1, -0.05) is 12.1 Å². The van der Waals surface area contributed by atoms with E-state index in [9.17, 15) is 4.79 Å². The molecule has 1 aromatic heterocycles. The predicted molar refractivity (Wildman–Crippen MR) is 82.3 cm³/mol. The van der Waals surface area contributed by atoms with Gasteiger partial charge in [0.2, 0.25) is 0 Å². The molecular weight excluding hydrogens is 266 g/mol. The van der Waals surface area contributed by atoms with E-state index in [1.165, 1.54) is 0 Å². The van der Waals surface area contributed by atoms with Crippen LogP contribution in [-0.4, -0.2) is 24.5 Å². The summed E-state index contributed by atoms with van der Waals surface area (Å²) in [7, 11) is 1.58. The van der Waals surface area contributed by atoms with Crippen LogP contribution in [0.5, 0.6) is 5.75 Å². The van der Waals surface area contributed by atoms with E-state index in [1.807, 2.05) is 49.5 Å². The topological polar surface area (TPSA) is 63.2 Å². The number of hydrogen-bond donors (Lipinski definition) is 2. The quantitative estimate of drug-likeness (QED) is 0.853. The van der Waals surface area contributed by atoms with Gasteiger partial charge >= 0.3 is 0 Å². The van der Waals surface area contributed by atoms with E-state index in [-0.39, 0.29) is 12.5 Å². The van der Waals surface area contributed by atoms with Crippen LogP contribution in [0, 0.1) is 6.92 Å². The average Bonchev–Trinajstić information content (AvgIpc) is 2.52. The summed E-state index contributed by atoms with van der Waals surface area (Å²) < 4.78 is 5.40. The molecule has 0 aliphatic carbocycles. The van der Waals surface area contributed by atoms with E-state index >= 15 is 0 Å². The van der Waals surface area contributed by atoms with Crippen molar-refractivity contribution in [1.82, 2.24) is 10.3 Å². The molecule has 0 unspecified atom stereocenters. The molecule has 0 fully saturated rings. The number of anilines is 1. The third-order valence-corrected chi connectivity index (χ3v) is 2.95. The van der Waals surface area contributed by atoms with Crippen molar-refractivity contribution in [2.24, 2.45) is 0 Å². The summed E-state index contributed by atoms with van der Waals surface area (Å²) in [4.78, 5) is 15.4. The molecule has 0 saturated carbocycles. The van der Waals surface area contributed by atoms with Crippen LogP contribution in [0.15, 0.2) is 42.6 Å². The zero-order valence-electron chi connectivity index (χ0n) is 12.2. The van der Waals surface area contributed by atoms with Gasteiger partial charge in [0, 0.05) is 37.2 Å². The minimum Gasteiger partial charge on any atom is -0.484 e. The number of ether oxygens (including phenoxy) is 1. The normalized spacial score (nSPS) is 10.0. The second-order valence-electron chi connectivity index (χ2n) is 4.65. The molecule has 0 bridgehead atoms. The van der Waals surface area contributed by atoms with E-state index < -0.39 is 0 Å². The first kappa shape index (κ1) is 14.8. The standard InChI is InChI=1S/C16H19N3O2/c1-12-6-7-13(9-18-12)10-19-14-4-3-5-15(8-14)21-11-16(20)17-2/h3-9,19H,10-11H2,1-2H3,(H,17,20). The maximum atomic E-state index is 11.1. The monoisotopic (exact) mass is 285 g/mol. The predicted octanol–water partition coefficient (Wildman–Crippen LogP) is 2.13. The second-order valence-corrected chi connectivity index (χ2v) is 4.65. The Kier molecular flexibility index (Phi) is 5.15. The third kappa shape index (κ3) is 4.80. The molecule has 0 radical (unpaired) electrons. The van der Waals surface area contributed by atoms with Crippen molar-refractivity contribution in [3.05, 3.63) is 53.9 Å². The van der Waals surface area contributed by atoms with Gasteiger partial charge in [-0.3, -0.25) is 9.78 Å². The van der Waals surface area contributed by atoms with Crippen molar-refractivity contribution in [2.75, 3.05) is 19.0 Å². The number of rotatable bonds is 6. The lowest BCUT2D eigenvalue weighted by atomic mass is 10.2. The summed E-state index contributed by atoms with van der Waals surface area (Å²) in [6.45, 7) is 2.67. The van der Waals surface area contributed by atoms with Crippen molar-refractivity contribution >= 4 is 11.6 Å². The van der Waals surface area contributed by atoms with Gasteiger partial charge < -0.3 is 15.4 Å². The molecule has 1 aromatic carbocycles. The third-order valence-electron chi connectivity index (χ3n) is 2.95. The zero-order valence-corrected chi connectivity index (χ0v) is 12.2. The molecule has 5 heteroatoms. The number of carbonyl (C=O) groups excluding carboxylic acids is 1. The van der Waals surface area contributed by atoms with E-state index in [4.69, 9.17) is 4.74 Å². The summed E-state index contributed by atoms with van der Waals surface area (Å²) in [5, 5.41) is 5.82. The van der Waals surface area contributed by atoms with Crippen LogP contribution >= 0.6 is 0 Å². The van der Waals surface area contributed by atoms with E-state index in [0.717, 1.165) is 16.9 Å². The van der Waals surface area contributed by atoms with Gasteiger partial charge in [-0.25, -0.2) is 0 Å². The molecule has 0 atom stereocenters. The number of pyridine rings is 1. The van der Waals surface area contributed by atoms with Crippen molar-refractivity contribution in [2.45, 2.75) is 13.5 Å². The molecular formula is C16H19N3O2. The Morgan fingerprint density at radius 2 is 2.14 bits per heavy atom. The Hall–Kier alpha value is -2.56. The van der Waals surface area contributed by atoms with Crippen LogP contribution in [0.25, 0.3) is 0 Å². The summed E-state index contributed by atoms with van der Waals surface area (Å²) >= 11 is 0. The molecule has 1 heterocycles. The minimum atomic E-state index is -0.154. The molecule has 0 saturated heterocycles. The smallest absolute Gasteiger partial charge is 0.257 e. The Morgan fingerprint density at radius 1 is 1.29 bits per heavy atom. The Balaban J connectivity index is 1.91. The summed E-state index contributed by atoms with van der Waals surface area (Å²) in [6.07, 6.45) is 1.86. The minimum absolute atomic E-state index is 0.0157. The molecule has 110 valence electrons. The number of benzene rings is 1. The highest BCUT2D eigenvalue weighted by atomic mass is 16.5. The lowest BCUT2D eigenvalue weighted by Gasteiger charge is -2.09. The van der Waals surface area contributed by atoms with Crippen LogP contribution in [0.4, 0.5) is 5.69 Å². The van der Waals surface area contributed by atoms with Crippen LogP contribution in [0.2, 0.25) is 0 Å². The highest BCUT2D eigenvalue weighted by molar-refractivity contribution is 5.77. The van der Waals surface area contributed by atoms with Crippen molar-refractivity contribution in [3.8, 4) is 5.75 Å². The lowest BCUT2D eigenvalue weighted by Crippen LogP contribution is -2.24. The van der Waals surface area contributed by atoms with Gasteiger partial charge in [0.1, 0.15) is 5.75 Å². The molecule has 2 rings (SSSR count). The van der Waals surface area contributed by atoms with Gasteiger partial charge in [0.05, 0.1) is 0 Å². The fourth-order valence-electron chi connectivity index (χ4n) is 1.72. The van der Waals surface area contributed by atoms with Gasteiger partial charge in [-0.2, -0.15) is 0 Å². The first-order valence-electron chi connectivity index (χ1n) is 6.76. The van der Waals surface area contributed by atoms with Gasteiger partial charge in [0.15, 0.2) is 6.61 Å². The number of hydrogen-bond acceptors (Lipinski definition) is 4. The summed E-state index contributed by atoms with van der Waals surface area (Å²) in [6, 6.07) is 11.6. The van der Waals surface area contributed by atoms with Crippen molar-refractivity contribution in [3.63, 3.8) is 0 Å².